The summed E-state index contributed by atoms with van der Waals surface area (Å²) < 4.78 is 5.34. The van der Waals surface area contributed by atoms with Crippen LogP contribution >= 0.6 is 0 Å². The van der Waals surface area contributed by atoms with E-state index in [1.807, 2.05) is 0 Å². The molecule has 3 N–H and O–H groups in total. The topological polar surface area (TPSA) is 121 Å². The number of rotatable bonds is 5. The zero-order chi connectivity index (χ0) is 16.3. The molecule has 0 saturated heterocycles. The molecule has 0 aliphatic heterocycles. The van der Waals surface area contributed by atoms with E-state index in [2.05, 4.69) is 0 Å². The van der Waals surface area contributed by atoms with Crippen LogP contribution in [0.25, 0.3) is 0 Å². The lowest BCUT2D eigenvalue weighted by molar-refractivity contribution is 0.0678. The van der Waals surface area contributed by atoms with Crippen molar-refractivity contribution in [2.45, 2.75) is 0 Å². The fourth-order valence-corrected chi connectivity index (χ4v) is 1.76. The Balaban J connectivity index is 2.47. The minimum Gasteiger partial charge on any atom is -0.478 e. The smallest absolute Gasteiger partial charge is 0.339 e. The van der Waals surface area contributed by atoms with Gasteiger partial charge in [-0.2, -0.15) is 0 Å². The molecule has 0 spiro atoms. The molecule has 0 bridgehead atoms. The number of hydrogen-bond donors (Lipinski definition) is 3. The maximum absolute atomic E-state index is 11.1. The van der Waals surface area contributed by atoms with Gasteiger partial charge < -0.3 is 20.1 Å². The van der Waals surface area contributed by atoms with Crippen molar-refractivity contribution in [2.24, 2.45) is 0 Å². The third kappa shape index (κ3) is 3.21. The van der Waals surface area contributed by atoms with Crippen LogP contribution in [0.5, 0.6) is 11.5 Å². The van der Waals surface area contributed by atoms with Crippen LogP contribution in [-0.2, 0) is 0 Å². The highest BCUT2D eigenvalue weighted by Gasteiger charge is 2.15. The van der Waals surface area contributed by atoms with Gasteiger partial charge in [0.2, 0.25) is 0 Å². The average molecular weight is 302 g/mol. The monoisotopic (exact) mass is 302 g/mol. The van der Waals surface area contributed by atoms with Crippen molar-refractivity contribution in [3.8, 4) is 11.5 Å². The summed E-state index contributed by atoms with van der Waals surface area (Å²) in [6.07, 6.45) is 0. The maximum Gasteiger partial charge on any atom is 0.339 e. The number of para-hydroxylation sites is 1. The fraction of sp³-hybridized carbons (Fsp3) is 0. The lowest BCUT2D eigenvalue weighted by atomic mass is 10.1. The predicted octanol–water partition coefficient (Wildman–Crippen LogP) is 2.57. The van der Waals surface area contributed by atoms with Crippen LogP contribution in [0.3, 0.4) is 0 Å². The van der Waals surface area contributed by atoms with Crippen LogP contribution in [0.15, 0.2) is 42.5 Å². The predicted molar refractivity (Wildman–Crippen MR) is 73.8 cm³/mol. The maximum atomic E-state index is 11.1. The quantitative estimate of drug-likeness (QED) is 0.776. The Morgan fingerprint density at radius 3 is 1.82 bits per heavy atom. The Morgan fingerprint density at radius 2 is 1.32 bits per heavy atom. The van der Waals surface area contributed by atoms with Crippen LogP contribution in [-0.4, -0.2) is 33.2 Å². The van der Waals surface area contributed by atoms with Crippen LogP contribution in [0.4, 0.5) is 0 Å². The molecule has 0 heterocycles. The van der Waals surface area contributed by atoms with Gasteiger partial charge in [-0.25, -0.2) is 14.4 Å². The van der Waals surface area contributed by atoms with Crippen molar-refractivity contribution in [3.05, 3.63) is 59.2 Å². The molecule has 0 atom stereocenters. The second-order valence-corrected chi connectivity index (χ2v) is 4.26. The molecule has 0 radical (unpaired) electrons. The molecule has 0 aromatic heterocycles. The van der Waals surface area contributed by atoms with Gasteiger partial charge in [0, 0.05) is 0 Å². The van der Waals surface area contributed by atoms with Crippen LogP contribution in [0.2, 0.25) is 0 Å². The van der Waals surface area contributed by atoms with Crippen LogP contribution in [0, 0.1) is 0 Å². The first-order valence-electron chi connectivity index (χ1n) is 6.00. The highest BCUT2D eigenvalue weighted by Crippen LogP contribution is 2.27. The van der Waals surface area contributed by atoms with Crippen molar-refractivity contribution < 1.29 is 34.4 Å². The summed E-state index contributed by atoms with van der Waals surface area (Å²) in [5.74, 6) is -3.96. The highest BCUT2D eigenvalue weighted by atomic mass is 16.5. The summed E-state index contributed by atoms with van der Waals surface area (Å²) in [4.78, 5) is 33.1. The van der Waals surface area contributed by atoms with E-state index < -0.39 is 17.9 Å². The number of hydrogen-bond acceptors (Lipinski definition) is 4. The van der Waals surface area contributed by atoms with E-state index in [0.717, 1.165) is 18.2 Å². The third-order valence-electron chi connectivity index (χ3n) is 2.75. The summed E-state index contributed by atoms with van der Waals surface area (Å²) in [5, 5.41) is 27.0. The molecule has 2 aromatic rings. The Bertz CT molecular complexity index is 732. The summed E-state index contributed by atoms with van der Waals surface area (Å²) in [6, 6.07) is 8.98. The SMILES string of the molecule is O=C(O)c1cc(Oc2ccccc2C(=O)O)cc(C(=O)O)c1. The second kappa shape index (κ2) is 5.96. The molecule has 22 heavy (non-hydrogen) atoms. The molecule has 7 nitrogen and oxygen atoms in total. The van der Waals surface area contributed by atoms with E-state index in [-0.39, 0.29) is 28.2 Å². The lowest BCUT2D eigenvalue weighted by Crippen LogP contribution is -2.04. The third-order valence-corrected chi connectivity index (χ3v) is 2.75. The standard InChI is InChI=1S/C15H10O7/c16-13(17)8-5-9(14(18)19)7-10(6-8)22-12-4-2-1-3-11(12)15(20)21/h1-7H,(H,16,17)(H,18,19)(H,20,21). The van der Waals surface area contributed by atoms with Gasteiger partial charge in [-0.3, -0.25) is 0 Å². The zero-order valence-corrected chi connectivity index (χ0v) is 11.0. The Morgan fingerprint density at radius 1 is 0.773 bits per heavy atom. The lowest BCUT2D eigenvalue weighted by Gasteiger charge is -2.10. The van der Waals surface area contributed by atoms with Gasteiger partial charge in [-0.15, -0.1) is 0 Å². The van der Waals surface area contributed by atoms with Gasteiger partial charge in [0.15, 0.2) is 0 Å². The van der Waals surface area contributed by atoms with E-state index in [1.165, 1.54) is 18.2 Å². The normalized spacial score (nSPS) is 10.0. The molecule has 7 heteroatoms. The largest absolute Gasteiger partial charge is 0.478 e. The molecule has 0 amide bonds. The average Bonchev–Trinajstić information content (AvgIpc) is 2.47. The number of aromatic carboxylic acids is 3. The van der Waals surface area contributed by atoms with Gasteiger partial charge in [-0.1, -0.05) is 12.1 Å². The van der Waals surface area contributed by atoms with Gasteiger partial charge in [0.25, 0.3) is 0 Å². The first-order chi connectivity index (χ1) is 10.4. The number of carbonyl (C=O) groups is 3. The Hall–Kier alpha value is -3.35. The molecule has 0 aliphatic carbocycles. The minimum absolute atomic E-state index is 0.0196. The van der Waals surface area contributed by atoms with Crippen molar-refractivity contribution in [3.63, 3.8) is 0 Å². The molecular formula is C15H10O7. The van der Waals surface area contributed by atoms with Crippen LogP contribution < -0.4 is 4.74 Å². The molecule has 0 unspecified atom stereocenters. The van der Waals surface area contributed by atoms with Crippen molar-refractivity contribution in [2.75, 3.05) is 0 Å². The minimum atomic E-state index is -1.32. The second-order valence-electron chi connectivity index (χ2n) is 4.26. The van der Waals surface area contributed by atoms with E-state index >= 15 is 0 Å². The van der Waals surface area contributed by atoms with E-state index in [9.17, 15) is 14.4 Å². The Kier molecular flexibility index (Phi) is 4.08. The Labute approximate surface area is 124 Å². The highest BCUT2D eigenvalue weighted by molar-refractivity contribution is 5.94. The van der Waals surface area contributed by atoms with Crippen molar-refractivity contribution in [1.82, 2.24) is 0 Å². The van der Waals surface area contributed by atoms with Crippen molar-refractivity contribution in [1.29, 1.82) is 0 Å². The first-order valence-corrected chi connectivity index (χ1v) is 6.00. The molecule has 2 aromatic carbocycles. The number of carboxylic acids is 3. The zero-order valence-electron chi connectivity index (χ0n) is 11.0. The fourth-order valence-electron chi connectivity index (χ4n) is 1.76. The van der Waals surface area contributed by atoms with Crippen molar-refractivity contribution >= 4 is 17.9 Å². The summed E-state index contributed by atoms with van der Waals surface area (Å²) in [7, 11) is 0. The number of ether oxygens (including phenoxy) is 1. The van der Waals surface area contributed by atoms with Gasteiger partial charge in [0.1, 0.15) is 17.1 Å². The molecule has 112 valence electrons. The molecule has 0 fully saturated rings. The molecule has 0 aliphatic rings. The van der Waals surface area contributed by atoms with E-state index in [4.69, 9.17) is 20.1 Å². The molecular weight excluding hydrogens is 292 g/mol. The first kappa shape index (κ1) is 15.0. The van der Waals surface area contributed by atoms with E-state index in [1.54, 1.807) is 6.07 Å². The van der Waals surface area contributed by atoms with Gasteiger partial charge in [-0.05, 0) is 30.3 Å². The van der Waals surface area contributed by atoms with Gasteiger partial charge >= 0.3 is 17.9 Å². The van der Waals surface area contributed by atoms with Gasteiger partial charge in [0.05, 0.1) is 11.1 Å². The molecule has 0 saturated carbocycles. The summed E-state index contributed by atoms with van der Waals surface area (Å²) >= 11 is 0. The summed E-state index contributed by atoms with van der Waals surface area (Å²) in [5.41, 5.74) is -0.675. The van der Waals surface area contributed by atoms with Crippen LogP contribution in [0.1, 0.15) is 31.1 Å². The number of carboxylic acid groups (broad SMARTS) is 3. The molecule has 2 rings (SSSR count). The van der Waals surface area contributed by atoms with E-state index in [0.29, 0.717) is 0 Å². The summed E-state index contributed by atoms with van der Waals surface area (Å²) in [6.45, 7) is 0. The number of benzene rings is 2.